The number of halogens is 2. The Morgan fingerprint density at radius 2 is 1.77 bits per heavy atom. The summed E-state index contributed by atoms with van der Waals surface area (Å²) in [5.74, 6) is -0.0758. The van der Waals surface area contributed by atoms with Gasteiger partial charge in [-0.15, -0.1) is 0 Å². The van der Waals surface area contributed by atoms with Crippen molar-refractivity contribution in [3.05, 3.63) is 69.6 Å². The predicted octanol–water partition coefficient (Wildman–Crippen LogP) is 4.41. The largest absolute Gasteiger partial charge is 0.361 e. The number of benzene rings is 2. The van der Waals surface area contributed by atoms with E-state index in [1.807, 2.05) is 5.48 Å². The Morgan fingerprint density at radius 1 is 1.09 bits per heavy atom. The molecule has 4 rings (SSSR count). The van der Waals surface area contributed by atoms with Crippen LogP contribution in [0.1, 0.15) is 31.2 Å². The van der Waals surface area contributed by atoms with Crippen molar-refractivity contribution in [2.75, 3.05) is 38.0 Å². The van der Waals surface area contributed by atoms with E-state index in [1.165, 1.54) is 23.8 Å². The zero-order valence-corrected chi connectivity index (χ0v) is 20.4. The maximum Gasteiger partial charge on any atom is 0.202 e. The lowest BCUT2D eigenvalue weighted by atomic mass is 10.1. The van der Waals surface area contributed by atoms with Crippen molar-refractivity contribution in [1.29, 1.82) is 0 Å². The Labute approximate surface area is 213 Å². The highest BCUT2D eigenvalue weighted by atomic mass is 79.9. The molecule has 0 unspecified atom stereocenters. The highest BCUT2D eigenvalue weighted by molar-refractivity contribution is 9.10. The Balaban J connectivity index is 0.00000342. The van der Waals surface area contributed by atoms with E-state index in [9.17, 15) is 9.60 Å². The predicted molar refractivity (Wildman–Crippen MR) is 137 cm³/mol. The fourth-order valence-corrected chi connectivity index (χ4v) is 4.11. The molecule has 0 spiro atoms. The van der Waals surface area contributed by atoms with Crippen molar-refractivity contribution >= 4 is 33.3 Å². The minimum absolute atomic E-state index is 0. The molecule has 0 atom stereocenters. The number of hydrogen-bond donors (Lipinski definition) is 3. The van der Waals surface area contributed by atoms with Crippen molar-refractivity contribution in [2.24, 2.45) is 4.99 Å². The first-order valence-corrected chi connectivity index (χ1v) is 11.9. The van der Waals surface area contributed by atoms with Gasteiger partial charge in [-0.05, 0) is 62.1 Å². The monoisotopic (exact) mass is 547 g/mol. The molecule has 3 N–H and O–H groups in total. The van der Waals surface area contributed by atoms with E-state index in [1.54, 1.807) is 0 Å². The lowest BCUT2D eigenvalue weighted by Crippen LogP contribution is -2.45. The van der Waals surface area contributed by atoms with E-state index in [0.29, 0.717) is 18.1 Å². The van der Waals surface area contributed by atoms with Gasteiger partial charge in [-0.1, -0.05) is 38.6 Å². The van der Waals surface area contributed by atoms with Crippen LogP contribution in [0.4, 0.5) is 15.9 Å². The summed E-state index contributed by atoms with van der Waals surface area (Å²) >= 11 is 3.12. The molecular weight excluding hydrogens is 517 g/mol. The van der Waals surface area contributed by atoms with Crippen LogP contribution in [0.3, 0.4) is 0 Å². The summed E-state index contributed by atoms with van der Waals surface area (Å²) in [5.41, 5.74) is 4.96. The first kappa shape index (κ1) is 26.7. The third kappa shape index (κ3) is 7.07. The zero-order chi connectivity index (χ0) is 23.9. The second kappa shape index (κ2) is 12.7. The van der Waals surface area contributed by atoms with Crippen LogP contribution in [0.5, 0.6) is 0 Å². The van der Waals surface area contributed by atoms with Crippen molar-refractivity contribution in [2.45, 2.75) is 27.4 Å². The highest BCUT2D eigenvalue weighted by Gasteiger charge is 2.17. The molecule has 9 nitrogen and oxygen atoms in total. The normalized spacial score (nSPS) is 15.0. The van der Waals surface area contributed by atoms with Crippen LogP contribution < -0.4 is 10.8 Å². The molecule has 2 heterocycles. The van der Waals surface area contributed by atoms with Gasteiger partial charge in [0, 0.05) is 39.3 Å². The van der Waals surface area contributed by atoms with Gasteiger partial charge in [0.25, 0.3) is 0 Å². The number of aliphatic imine (C=N–C) groups is 1. The summed E-state index contributed by atoms with van der Waals surface area (Å²) in [6.07, 6.45) is 0. The van der Waals surface area contributed by atoms with E-state index in [2.05, 4.69) is 77.5 Å². The Hall–Kier alpha value is -2.86. The first-order valence-electron chi connectivity index (χ1n) is 11.1. The molecule has 0 radical (unpaired) electrons. The number of aromatic nitrogens is 2. The molecule has 0 bridgehead atoms. The van der Waals surface area contributed by atoms with Gasteiger partial charge in [0.15, 0.2) is 11.5 Å². The molecule has 0 amide bonds. The van der Waals surface area contributed by atoms with Gasteiger partial charge < -0.3 is 10.2 Å². The third-order valence-electron chi connectivity index (χ3n) is 5.76. The second-order valence-electron chi connectivity index (χ2n) is 8.01. The summed E-state index contributed by atoms with van der Waals surface area (Å²) in [4.78, 5) is 9.22. The van der Waals surface area contributed by atoms with Gasteiger partial charge >= 0.3 is 0 Å². The molecule has 1 fully saturated rings. The molecule has 35 heavy (non-hydrogen) atoms. The Morgan fingerprint density at radius 3 is 2.43 bits per heavy atom. The zero-order valence-electron chi connectivity index (χ0n) is 18.8. The quantitative estimate of drug-likeness (QED) is 0.216. The van der Waals surface area contributed by atoms with Gasteiger partial charge in [0.2, 0.25) is 5.82 Å². The second-order valence-corrected chi connectivity index (χ2v) is 8.87. The van der Waals surface area contributed by atoms with Crippen molar-refractivity contribution in [3.8, 4) is 0 Å². The van der Waals surface area contributed by atoms with Crippen LogP contribution in [-0.4, -0.2) is 63.9 Å². The molecule has 1 aliphatic heterocycles. The third-order valence-corrected chi connectivity index (χ3v) is 6.37. The van der Waals surface area contributed by atoms with Gasteiger partial charge in [0.05, 0.1) is 10.2 Å². The number of piperazine rings is 1. The molecule has 188 valence electrons. The van der Waals surface area contributed by atoms with E-state index >= 15 is 0 Å². The van der Waals surface area contributed by atoms with Crippen LogP contribution in [0, 0.1) is 5.82 Å². The van der Waals surface area contributed by atoms with Gasteiger partial charge in [0.1, 0.15) is 5.82 Å². The number of amidine groups is 1. The number of hydroxylamine groups is 1. The van der Waals surface area contributed by atoms with E-state index in [-0.39, 0.29) is 23.4 Å². The molecule has 1 aromatic heterocycles. The average Bonchev–Trinajstić information content (AvgIpc) is 3.33. The Bertz CT molecular complexity index is 1120. The fraction of sp³-hybridized carbons (Fsp3) is 0.375. The summed E-state index contributed by atoms with van der Waals surface area (Å²) < 4.78 is 18.6. The van der Waals surface area contributed by atoms with Crippen LogP contribution in [-0.2, 0) is 13.1 Å². The lowest BCUT2D eigenvalue weighted by molar-refractivity contribution is 0.132. The molecular formula is C24H31BrFN7O2. The van der Waals surface area contributed by atoms with Crippen molar-refractivity contribution in [3.63, 3.8) is 0 Å². The topological polar surface area (TPSA) is 102 Å². The number of nitrogens with one attached hydrogen (secondary N) is 2. The number of rotatable bonds is 8. The Kier molecular flexibility index (Phi) is 9.73. The molecule has 1 saturated heterocycles. The summed E-state index contributed by atoms with van der Waals surface area (Å²) in [6.45, 7) is 9.19. The summed E-state index contributed by atoms with van der Waals surface area (Å²) in [6, 6.07) is 12.7. The number of nitrogens with zero attached hydrogens (tertiary/aromatic N) is 5. The van der Waals surface area contributed by atoms with E-state index in [4.69, 9.17) is 4.63 Å². The smallest absolute Gasteiger partial charge is 0.202 e. The molecule has 11 heteroatoms. The average molecular weight is 548 g/mol. The van der Waals surface area contributed by atoms with Crippen LogP contribution >= 0.6 is 15.9 Å². The number of likely N-dealkylation sites (N-methyl/N-ethyl adjacent to an activating group) is 1. The molecule has 3 aromatic rings. The van der Waals surface area contributed by atoms with Gasteiger partial charge in [-0.25, -0.2) is 14.0 Å². The van der Waals surface area contributed by atoms with E-state index < -0.39 is 5.82 Å². The molecule has 0 saturated carbocycles. The van der Waals surface area contributed by atoms with Crippen molar-refractivity contribution in [1.82, 2.24) is 25.6 Å². The highest BCUT2D eigenvalue weighted by Crippen LogP contribution is 2.23. The molecule has 0 aliphatic carbocycles. The molecule has 2 aromatic carbocycles. The fourth-order valence-electron chi connectivity index (χ4n) is 3.74. The maximum absolute atomic E-state index is 13.5. The standard InChI is InChI=1S/C23H27BrFN7O2.CH4/c1-2-31-9-11-32(12-10-31)15-17-5-3-16(4-6-17)14-26-22-21(29-34-30-22)23(28-33)27-18-7-8-20(25)19(24)13-18;/h3-8,13,33H,2,9-12,14-15H2,1H3,(H,26,30)(H,27,28);1H4. The van der Waals surface area contributed by atoms with E-state index in [0.717, 1.165) is 44.8 Å². The minimum atomic E-state index is -0.409. The maximum atomic E-state index is 13.5. The number of hydrogen-bond acceptors (Lipinski definition) is 8. The van der Waals surface area contributed by atoms with Crippen LogP contribution in [0.2, 0.25) is 0 Å². The summed E-state index contributed by atoms with van der Waals surface area (Å²) in [5, 5.41) is 20.4. The summed E-state index contributed by atoms with van der Waals surface area (Å²) in [7, 11) is 0. The van der Waals surface area contributed by atoms with Gasteiger partial charge in [-0.3, -0.25) is 15.6 Å². The van der Waals surface area contributed by atoms with Crippen molar-refractivity contribution < 1.29 is 14.2 Å². The van der Waals surface area contributed by atoms with Gasteiger partial charge in [-0.2, -0.15) is 0 Å². The first-order chi connectivity index (χ1) is 16.6. The van der Waals surface area contributed by atoms with Crippen LogP contribution in [0.15, 0.2) is 56.6 Å². The SMILES string of the molecule is C.CCN1CCN(Cc2ccc(CNc3nonc3C(=Nc3ccc(F)c(Br)c3)NO)cc2)CC1. The molecule has 1 aliphatic rings. The minimum Gasteiger partial charge on any atom is -0.361 e. The van der Waals surface area contributed by atoms with Crippen LogP contribution in [0.25, 0.3) is 0 Å². The lowest BCUT2D eigenvalue weighted by Gasteiger charge is -2.34. The number of anilines is 1.